The van der Waals surface area contributed by atoms with E-state index in [-0.39, 0.29) is 12.1 Å². The molecule has 0 spiro atoms. The maximum Gasteiger partial charge on any atom is 0.229 e. The maximum absolute atomic E-state index is 9.96. The summed E-state index contributed by atoms with van der Waals surface area (Å²) in [5.74, 6) is 1.71. The molecule has 1 aliphatic heterocycles. The van der Waals surface area contributed by atoms with Crippen LogP contribution >= 0.6 is 0 Å². The molecule has 0 aliphatic carbocycles. The lowest BCUT2D eigenvalue weighted by Gasteiger charge is -2.29. The first-order valence-electron chi connectivity index (χ1n) is 11.1. The molecule has 9 heteroatoms. The van der Waals surface area contributed by atoms with E-state index < -0.39 is 6.10 Å². The molecule has 4 N–H and O–H groups in total. The molecule has 3 aromatic rings. The highest BCUT2D eigenvalue weighted by molar-refractivity contribution is 5.89. The van der Waals surface area contributed by atoms with Crippen molar-refractivity contribution in [3.8, 4) is 0 Å². The van der Waals surface area contributed by atoms with Crippen LogP contribution < -0.4 is 10.6 Å². The van der Waals surface area contributed by atoms with Crippen molar-refractivity contribution in [2.24, 2.45) is 0 Å². The largest absolute Gasteiger partial charge is 0.393 e. The van der Waals surface area contributed by atoms with Gasteiger partial charge in [0.1, 0.15) is 11.3 Å². The van der Waals surface area contributed by atoms with Gasteiger partial charge in [-0.15, -0.1) is 0 Å². The van der Waals surface area contributed by atoms with Crippen molar-refractivity contribution < 1.29 is 10.2 Å². The van der Waals surface area contributed by atoms with Crippen molar-refractivity contribution in [2.45, 2.75) is 58.4 Å². The van der Waals surface area contributed by atoms with Crippen molar-refractivity contribution >= 4 is 28.5 Å². The van der Waals surface area contributed by atoms with E-state index in [1.807, 2.05) is 38.2 Å². The second-order valence-electron chi connectivity index (χ2n) is 8.69. The summed E-state index contributed by atoms with van der Waals surface area (Å²) in [5, 5.41) is 26.9. The molecular formula is C23H31N7O2. The molecule has 1 saturated heterocycles. The average molecular weight is 438 g/mol. The van der Waals surface area contributed by atoms with Gasteiger partial charge in [-0.3, -0.25) is 4.90 Å². The highest BCUT2D eigenvalue weighted by Gasteiger charge is 2.17. The fraction of sp³-hybridized carbons (Fsp3) is 0.478. The minimum atomic E-state index is -0.678. The van der Waals surface area contributed by atoms with Gasteiger partial charge in [0.05, 0.1) is 17.9 Å². The number of aliphatic hydroxyl groups is 2. The predicted octanol–water partition coefficient (Wildman–Crippen LogP) is 2.99. The number of nitrogens with one attached hydrogen (secondary N) is 2. The van der Waals surface area contributed by atoms with Gasteiger partial charge in [-0.1, -0.05) is 6.07 Å². The number of pyridine rings is 2. The molecule has 1 fully saturated rings. The van der Waals surface area contributed by atoms with E-state index in [4.69, 9.17) is 0 Å². The third-order valence-corrected chi connectivity index (χ3v) is 5.47. The van der Waals surface area contributed by atoms with Gasteiger partial charge in [-0.25, -0.2) is 19.9 Å². The zero-order valence-corrected chi connectivity index (χ0v) is 18.8. The number of hydrogen-bond donors (Lipinski definition) is 4. The second kappa shape index (κ2) is 9.72. The SMILES string of the molecule is CC(C)Nc1nc([C@@H](C)O)cc2cnc(Nc3ccc(CN4CCC(O)CC4)cn3)nc12. The Labute approximate surface area is 188 Å². The van der Waals surface area contributed by atoms with Crippen LogP contribution in [0.4, 0.5) is 17.6 Å². The quantitative estimate of drug-likeness (QED) is 0.442. The predicted molar refractivity (Wildman–Crippen MR) is 125 cm³/mol. The number of rotatable bonds is 7. The van der Waals surface area contributed by atoms with Crippen LogP contribution in [0.1, 0.15) is 51.0 Å². The van der Waals surface area contributed by atoms with Crippen molar-refractivity contribution in [2.75, 3.05) is 23.7 Å². The van der Waals surface area contributed by atoms with E-state index in [0.717, 1.165) is 43.4 Å². The molecule has 0 radical (unpaired) electrons. The molecule has 0 aromatic carbocycles. The number of hydrogen-bond acceptors (Lipinski definition) is 9. The van der Waals surface area contributed by atoms with E-state index >= 15 is 0 Å². The van der Waals surface area contributed by atoms with Crippen LogP contribution in [-0.2, 0) is 6.54 Å². The van der Waals surface area contributed by atoms with Gasteiger partial charge in [0.15, 0.2) is 5.82 Å². The number of anilines is 3. The summed E-state index contributed by atoms with van der Waals surface area (Å²) in [5.41, 5.74) is 2.39. The van der Waals surface area contributed by atoms with E-state index in [2.05, 4.69) is 35.5 Å². The zero-order chi connectivity index (χ0) is 22.7. The van der Waals surface area contributed by atoms with Gasteiger partial charge in [0, 0.05) is 43.5 Å². The summed E-state index contributed by atoms with van der Waals surface area (Å²) in [7, 11) is 0. The fourth-order valence-corrected chi connectivity index (χ4v) is 3.75. The van der Waals surface area contributed by atoms with E-state index in [9.17, 15) is 10.2 Å². The number of likely N-dealkylation sites (tertiary alicyclic amines) is 1. The average Bonchev–Trinajstić information content (AvgIpc) is 2.76. The molecule has 1 atom stereocenters. The Morgan fingerprint density at radius 1 is 1.09 bits per heavy atom. The molecule has 32 heavy (non-hydrogen) atoms. The van der Waals surface area contributed by atoms with Crippen LogP contribution in [0.3, 0.4) is 0 Å². The number of aliphatic hydroxyl groups excluding tert-OH is 2. The Balaban J connectivity index is 1.50. The maximum atomic E-state index is 9.96. The first-order chi connectivity index (χ1) is 15.4. The van der Waals surface area contributed by atoms with Gasteiger partial charge in [-0.2, -0.15) is 0 Å². The topological polar surface area (TPSA) is 119 Å². The van der Waals surface area contributed by atoms with E-state index in [0.29, 0.717) is 28.8 Å². The standard InChI is InChI=1S/C23H31N7O2/c1-14(2)26-22-21-17(10-19(27-22)15(3)31)12-25-23(29-21)28-20-5-4-16(11-24-20)13-30-8-6-18(32)7-9-30/h4-5,10-12,14-15,18,31-32H,6-9,13H2,1-3H3,(H,26,27)(H,24,25,28,29)/t15-/m1/s1. The van der Waals surface area contributed by atoms with Crippen LogP contribution in [0.2, 0.25) is 0 Å². The highest BCUT2D eigenvalue weighted by Crippen LogP contribution is 2.25. The molecule has 170 valence electrons. The number of nitrogens with zero attached hydrogens (tertiary/aromatic N) is 5. The highest BCUT2D eigenvalue weighted by atomic mass is 16.3. The van der Waals surface area contributed by atoms with Gasteiger partial charge in [0.25, 0.3) is 0 Å². The summed E-state index contributed by atoms with van der Waals surface area (Å²) in [6.07, 6.45) is 4.39. The third kappa shape index (κ3) is 5.48. The van der Waals surface area contributed by atoms with Crippen molar-refractivity contribution in [3.63, 3.8) is 0 Å². The van der Waals surface area contributed by atoms with Crippen LogP contribution in [0.5, 0.6) is 0 Å². The second-order valence-corrected chi connectivity index (χ2v) is 8.69. The van der Waals surface area contributed by atoms with Crippen molar-refractivity contribution in [3.05, 3.63) is 41.9 Å². The van der Waals surface area contributed by atoms with Crippen LogP contribution in [0.25, 0.3) is 10.9 Å². The normalized spacial score (nSPS) is 16.4. The van der Waals surface area contributed by atoms with Gasteiger partial charge in [-0.05, 0) is 51.3 Å². The van der Waals surface area contributed by atoms with Crippen molar-refractivity contribution in [1.29, 1.82) is 0 Å². The molecule has 0 unspecified atom stereocenters. The van der Waals surface area contributed by atoms with Gasteiger partial charge in [0.2, 0.25) is 5.95 Å². The molecule has 0 amide bonds. The smallest absolute Gasteiger partial charge is 0.229 e. The summed E-state index contributed by atoms with van der Waals surface area (Å²) < 4.78 is 0. The summed E-state index contributed by atoms with van der Waals surface area (Å²) in [4.78, 5) is 20.5. The zero-order valence-electron chi connectivity index (χ0n) is 18.8. The summed E-state index contributed by atoms with van der Waals surface area (Å²) >= 11 is 0. The van der Waals surface area contributed by atoms with E-state index in [1.54, 1.807) is 13.1 Å². The van der Waals surface area contributed by atoms with Crippen LogP contribution in [0.15, 0.2) is 30.6 Å². The molecular weight excluding hydrogens is 406 g/mol. The molecule has 4 heterocycles. The number of fused-ring (bicyclic) bond motifs is 1. The molecule has 0 bridgehead atoms. The number of aromatic nitrogens is 4. The Morgan fingerprint density at radius 3 is 2.53 bits per heavy atom. The lowest BCUT2D eigenvalue weighted by molar-refractivity contribution is 0.0792. The summed E-state index contributed by atoms with van der Waals surface area (Å²) in [6, 6.07) is 5.94. The van der Waals surface area contributed by atoms with E-state index in [1.165, 1.54) is 0 Å². The first kappa shape index (κ1) is 22.3. The van der Waals surface area contributed by atoms with Crippen molar-refractivity contribution in [1.82, 2.24) is 24.8 Å². The Hall–Kier alpha value is -2.88. The lowest BCUT2D eigenvalue weighted by atomic mass is 10.1. The minimum absolute atomic E-state index is 0.164. The Kier molecular flexibility index (Phi) is 6.78. The molecule has 9 nitrogen and oxygen atoms in total. The molecule has 0 saturated carbocycles. The Morgan fingerprint density at radius 2 is 1.88 bits per heavy atom. The molecule has 4 rings (SSSR count). The monoisotopic (exact) mass is 437 g/mol. The Bertz CT molecular complexity index is 1050. The van der Waals surface area contributed by atoms with Crippen LogP contribution in [0, 0.1) is 0 Å². The molecule has 1 aliphatic rings. The third-order valence-electron chi connectivity index (χ3n) is 5.47. The fourth-order valence-electron chi connectivity index (χ4n) is 3.75. The lowest BCUT2D eigenvalue weighted by Crippen LogP contribution is -2.35. The van der Waals surface area contributed by atoms with Gasteiger partial charge >= 0.3 is 0 Å². The molecule has 3 aromatic heterocycles. The number of piperidine rings is 1. The summed E-state index contributed by atoms with van der Waals surface area (Å²) in [6.45, 7) is 8.39. The van der Waals surface area contributed by atoms with Gasteiger partial charge < -0.3 is 20.8 Å². The first-order valence-corrected chi connectivity index (χ1v) is 11.1. The van der Waals surface area contributed by atoms with Crippen LogP contribution in [-0.4, -0.2) is 60.3 Å². The minimum Gasteiger partial charge on any atom is -0.393 e.